The Balaban J connectivity index is 1.05. The Kier molecular flexibility index (Phi) is 6.72. The van der Waals surface area contributed by atoms with E-state index >= 15 is 0 Å². The number of nitrogens with zero attached hydrogens (tertiary/aromatic N) is 2. The highest BCUT2D eigenvalue weighted by Gasteiger charge is 2.39. The van der Waals surface area contributed by atoms with E-state index < -0.39 is 12.1 Å². The number of piperazine rings is 1. The maximum absolute atomic E-state index is 12.8. The Bertz CT molecular complexity index is 1060. The van der Waals surface area contributed by atoms with E-state index in [1.165, 1.54) is 22.3 Å². The van der Waals surface area contributed by atoms with Crippen LogP contribution in [0.1, 0.15) is 36.3 Å². The third-order valence-electron chi connectivity index (χ3n) is 7.48. The van der Waals surface area contributed by atoms with E-state index in [1.807, 2.05) is 29.2 Å². The molecule has 1 heterocycles. The highest BCUT2D eigenvalue weighted by atomic mass is 16.5. The number of hydrogen-bond donors (Lipinski definition) is 2. The predicted molar refractivity (Wildman–Crippen MR) is 130 cm³/mol. The first kappa shape index (κ1) is 23.4. The van der Waals surface area contributed by atoms with Crippen molar-refractivity contribution in [2.45, 2.75) is 31.2 Å². The van der Waals surface area contributed by atoms with Gasteiger partial charge in [0.25, 0.3) is 0 Å². The molecule has 0 spiro atoms. The molecule has 2 amide bonds. The predicted octanol–water partition coefficient (Wildman–Crippen LogP) is 2.92. The summed E-state index contributed by atoms with van der Waals surface area (Å²) in [5.41, 5.74) is 4.75. The topological polar surface area (TPSA) is 99.2 Å². The van der Waals surface area contributed by atoms with E-state index in [0.29, 0.717) is 45.6 Å². The molecule has 1 saturated carbocycles. The van der Waals surface area contributed by atoms with Gasteiger partial charge < -0.3 is 20.1 Å². The SMILES string of the molecule is O=C(O)CCN1CCN(C(=O)C2CC(NC(=O)OCC3c4ccccc4-c4ccccc43)C2)CC1. The van der Waals surface area contributed by atoms with E-state index in [0.717, 1.165) is 0 Å². The molecule has 0 radical (unpaired) electrons. The number of nitrogens with one attached hydrogen (secondary N) is 1. The van der Waals surface area contributed by atoms with Crippen LogP contribution in [-0.4, -0.2) is 78.2 Å². The maximum Gasteiger partial charge on any atom is 0.407 e. The number of hydrogen-bond acceptors (Lipinski definition) is 5. The Morgan fingerprint density at radius 1 is 0.914 bits per heavy atom. The molecule has 2 N–H and O–H groups in total. The lowest BCUT2D eigenvalue weighted by molar-refractivity contribution is -0.142. The van der Waals surface area contributed by atoms with Gasteiger partial charge in [-0.05, 0) is 35.1 Å². The van der Waals surface area contributed by atoms with Gasteiger partial charge in [-0.25, -0.2) is 4.79 Å². The standard InChI is InChI=1S/C27H31N3O5/c31-25(32)9-10-29-11-13-30(14-12-29)26(33)18-15-19(16-18)28-27(34)35-17-24-22-7-3-1-5-20(22)21-6-2-4-8-23(21)24/h1-8,18-19,24H,9-17H2,(H,28,34)(H,31,32). The fourth-order valence-corrected chi connectivity index (χ4v) is 5.45. The second-order valence-corrected chi connectivity index (χ2v) is 9.65. The van der Waals surface area contributed by atoms with Crippen molar-refractivity contribution in [2.75, 3.05) is 39.3 Å². The van der Waals surface area contributed by atoms with E-state index in [-0.39, 0.29) is 36.8 Å². The Labute approximate surface area is 204 Å². The van der Waals surface area contributed by atoms with Gasteiger partial charge in [-0.1, -0.05) is 48.5 Å². The number of amides is 2. The third-order valence-corrected chi connectivity index (χ3v) is 7.48. The van der Waals surface area contributed by atoms with E-state index in [9.17, 15) is 14.4 Å². The molecule has 0 atom stereocenters. The second-order valence-electron chi connectivity index (χ2n) is 9.65. The summed E-state index contributed by atoms with van der Waals surface area (Å²) < 4.78 is 5.62. The van der Waals surface area contributed by atoms with Gasteiger partial charge in [-0.3, -0.25) is 14.5 Å². The van der Waals surface area contributed by atoms with E-state index in [2.05, 4.69) is 34.5 Å². The van der Waals surface area contributed by atoms with Gasteiger partial charge in [0.2, 0.25) is 5.91 Å². The van der Waals surface area contributed by atoms with Crippen LogP contribution < -0.4 is 5.32 Å². The molecule has 2 aliphatic carbocycles. The van der Waals surface area contributed by atoms with Crippen molar-refractivity contribution in [1.82, 2.24) is 15.1 Å². The summed E-state index contributed by atoms with van der Waals surface area (Å²) in [7, 11) is 0. The molecule has 5 rings (SSSR count). The first-order valence-corrected chi connectivity index (χ1v) is 12.3. The van der Waals surface area contributed by atoms with Crippen LogP contribution in [0.4, 0.5) is 4.79 Å². The number of carboxylic acids is 1. The van der Waals surface area contributed by atoms with Crippen LogP contribution in [0, 0.1) is 5.92 Å². The fraction of sp³-hybridized carbons (Fsp3) is 0.444. The van der Waals surface area contributed by atoms with Crippen LogP contribution in [-0.2, 0) is 14.3 Å². The molecular formula is C27H31N3O5. The molecule has 2 fully saturated rings. The lowest BCUT2D eigenvalue weighted by atomic mass is 9.79. The number of carbonyl (C=O) groups excluding carboxylic acids is 2. The van der Waals surface area contributed by atoms with Gasteiger partial charge in [0, 0.05) is 50.6 Å². The first-order chi connectivity index (χ1) is 17.0. The summed E-state index contributed by atoms with van der Waals surface area (Å²) >= 11 is 0. The minimum Gasteiger partial charge on any atom is -0.481 e. The molecule has 2 aromatic carbocycles. The molecule has 35 heavy (non-hydrogen) atoms. The molecule has 1 aliphatic heterocycles. The van der Waals surface area contributed by atoms with E-state index in [1.54, 1.807) is 0 Å². The second kappa shape index (κ2) is 10.1. The summed E-state index contributed by atoms with van der Waals surface area (Å²) in [6, 6.07) is 16.4. The lowest BCUT2D eigenvalue weighted by Gasteiger charge is -2.40. The van der Waals surface area contributed by atoms with Crippen molar-refractivity contribution in [3.05, 3.63) is 59.7 Å². The number of rotatable bonds is 7. The zero-order valence-electron chi connectivity index (χ0n) is 19.7. The number of carboxylic acid groups (broad SMARTS) is 1. The van der Waals surface area contributed by atoms with Gasteiger partial charge in [0.1, 0.15) is 6.61 Å². The summed E-state index contributed by atoms with van der Waals surface area (Å²) in [5, 5.41) is 11.7. The number of fused-ring (bicyclic) bond motifs is 3. The van der Waals surface area contributed by atoms with Gasteiger partial charge in [0.15, 0.2) is 0 Å². The fourth-order valence-electron chi connectivity index (χ4n) is 5.45. The number of benzene rings is 2. The average molecular weight is 478 g/mol. The van der Waals surface area contributed by atoms with Gasteiger partial charge >= 0.3 is 12.1 Å². The van der Waals surface area contributed by atoms with Gasteiger partial charge in [0.05, 0.1) is 6.42 Å². The van der Waals surface area contributed by atoms with Crippen molar-refractivity contribution in [1.29, 1.82) is 0 Å². The van der Waals surface area contributed by atoms with Gasteiger partial charge in [-0.2, -0.15) is 0 Å². The monoisotopic (exact) mass is 477 g/mol. The molecule has 3 aliphatic rings. The average Bonchev–Trinajstić information content (AvgIpc) is 3.17. The van der Waals surface area contributed by atoms with Crippen LogP contribution in [0.5, 0.6) is 0 Å². The van der Waals surface area contributed by atoms with Crippen LogP contribution in [0.2, 0.25) is 0 Å². The smallest absolute Gasteiger partial charge is 0.407 e. The quantitative estimate of drug-likeness (QED) is 0.636. The van der Waals surface area contributed by atoms with Crippen LogP contribution in [0.25, 0.3) is 11.1 Å². The van der Waals surface area contributed by atoms with E-state index in [4.69, 9.17) is 9.84 Å². The lowest BCUT2D eigenvalue weighted by Crippen LogP contribution is -2.55. The molecule has 184 valence electrons. The van der Waals surface area contributed by atoms with Crippen LogP contribution in [0.15, 0.2) is 48.5 Å². The molecule has 0 aromatic heterocycles. The van der Waals surface area contributed by atoms with Crippen molar-refractivity contribution in [2.24, 2.45) is 5.92 Å². The third kappa shape index (κ3) is 5.03. The molecule has 2 aromatic rings. The Morgan fingerprint density at radius 2 is 1.51 bits per heavy atom. The number of alkyl carbamates (subject to hydrolysis) is 1. The maximum atomic E-state index is 12.8. The summed E-state index contributed by atoms with van der Waals surface area (Å²) in [6.07, 6.45) is 0.944. The van der Waals surface area contributed by atoms with Crippen molar-refractivity contribution < 1.29 is 24.2 Å². The minimum atomic E-state index is -0.798. The summed E-state index contributed by atoms with van der Waals surface area (Å²) in [6.45, 7) is 3.45. The zero-order valence-corrected chi connectivity index (χ0v) is 19.7. The number of carbonyl (C=O) groups is 3. The molecule has 0 unspecified atom stereocenters. The van der Waals surface area contributed by atoms with Crippen LogP contribution >= 0.6 is 0 Å². The first-order valence-electron chi connectivity index (χ1n) is 12.3. The molecular weight excluding hydrogens is 446 g/mol. The largest absolute Gasteiger partial charge is 0.481 e. The Hall–Kier alpha value is -3.39. The Morgan fingerprint density at radius 3 is 2.11 bits per heavy atom. The van der Waals surface area contributed by atoms with Gasteiger partial charge in [-0.15, -0.1) is 0 Å². The molecule has 0 bridgehead atoms. The van der Waals surface area contributed by atoms with Crippen molar-refractivity contribution in [3.63, 3.8) is 0 Å². The molecule has 1 saturated heterocycles. The molecule has 8 nitrogen and oxygen atoms in total. The normalized spacial score (nSPS) is 21.5. The minimum absolute atomic E-state index is 0.0260. The van der Waals surface area contributed by atoms with Crippen molar-refractivity contribution >= 4 is 18.0 Å². The van der Waals surface area contributed by atoms with Crippen LogP contribution in [0.3, 0.4) is 0 Å². The number of ether oxygens (including phenoxy) is 1. The van der Waals surface area contributed by atoms with Crippen molar-refractivity contribution in [3.8, 4) is 11.1 Å². The highest BCUT2D eigenvalue weighted by molar-refractivity contribution is 5.81. The number of aliphatic carboxylic acids is 1. The summed E-state index contributed by atoms with van der Waals surface area (Å²) in [5.74, 6) is -0.709. The molecule has 8 heteroatoms. The zero-order chi connectivity index (χ0) is 24.4. The summed E-state index contributed by atoms with van der Waals surface area (Å²) in [4.78, 5) is 39.9. The highest BCUT2D eigenvalue weighted by Crippen LogP contribution is 2.44.